The normalized spacial score (nSPS) is 11.6. The van der Waals surface area contributed by atoms with Crippen LogP contribution in [-0.4, -0.2) is 25.0 Å². The molecule has 1 aromatic heterocycles. The van der Waals surface area contributed by atoms with Gasteiger partial charge in [0.1, 0.15) is 5.75 Å². The number of nitrogens with zero attached hydrogens (tertiary/aromatic N) is 1. The smallest absolute Gasteiger partial charge is 0.335 e. The Hall–Kier alpha value is -2.54. The lowest BCUT2D eigenvalue weighted by Gasteiger charge is -2.17. The monoisotopic (exact) mass is 465 g/mol. The van der Waals surface area contributed by atoms with Crippen LogP contribution in [0, 0.1) is 11.6 Å². The minimum Gasteiger partial charge on any atom is -0.494 e. The van der Waals surface area contributed by atoms with E-state index in [-0.39, 0.29) is 6.16 Å². The summed E-state index contributed by atoms with van der Waals surface area (Å²) in [5, 5.41) is 3.78. The first-order valence-corrected chi connectivity index (χ1v) is 12.2. The van der Waals surface area contributed by atoms with Gasteiger partial charge in [-0.05, 0) is 62.6 Å². The van der Waals surface area contributed by atoms with Crippen LogP contribution in [0.1, 0.15) is 31.4 Å². The molecule has 0 bridgehead atoms. The van der Waals surface area contributed by atoms with E-state index in [1.54, 1.807) is 20.0 Å². The van der Waals surface area contributed by atoms with Gasteiger partial charge in [-0.3, -0.25) is 4.57 Å². The van der Waals surface area contributed by atoms with Gasteiger partial charge in [0, 0.05) is 11.1 Å². The fraction of sp³-hybridized carbons (Fsp3) is 0.348. The van der Waals surface area contributed by atoms with Crippen molar-refractivity contribution in [1.29, 1.82) is 0 Å². The maximum atomic E-state index is 13.5. The zero-order valence-electron chi connectivity index (χ0n) is 18.1. The third kappa shape index (κ3) is 6.48. The molecule has 0 radical (unpaired) electrons. The second-order valence-electron chi connectivity index (χ2n) is 7.01. The van der Waals surface area contributed by atoms with Gasteiger partial charge in [0.2, 0.25) is 0 Å². The Kier molecular flexibility index (Phi) is 8.56. The lowest BCUT2D eigenvalue weighted by Crippen LogP contribution is -2.01. The van der Waals surface area contributed by atoms with Crippen molar-refractivity contribution < 1.29 is 31.7 Å². The first-order valence-electron chi connectivity index (χ1n) is 10.4. The zero-order chi connectivity index (χ0) is 23.0. The van der Waals surface area contributed by atoms with Crippen molar-refractivity contribution in [3.8, 4) is 17.1 Å². The summed E-state index contributed by atoms with van der Waals surface area (Å²) in [6.45, 7) is 4.65. The lowest BCUT2D eigenvalue weighted by atomic mass is 10.1. The van der Waals surface area contributed by atoms with Crippen LogP contribution in [0.2, 0.25) is 0 Å². The second-order valence-corrected chi connectivity index (χ2v) is 9.06. The third-order valence-corrected chi connectivity index (χ3v) is 6.69. The highest BCUT2D eigenvalue weighted by molar-refractivity contribution is 7.53. The number of hydrogen-bond acceptors (Lipinski definition) is 6. The molecule has 3 rings (SSSR count). The molecule has 172 valence electrons. The molecule has 0 saturated heterocycles. The van der Waals surface area contributed by atoms with E-state index < -0.39 is 19.2 Å². The number of benzene rings is 2. The summed E-state index contributed by atoms with van der Waals surface area (Å²) < 4.78 is 60.9. The Morgan fingerprint density at radius 3 is 2.38 bits per heavy atom. The summed E-state index contributed by atoms with van der Waals surface area (Å²) in [4.78, 5) is 0. The SMILES string of the molecule is CCOP(=O)(Cc1ccc(OCCCc2cnoc2-c2ccc(F)c(F)c2)cc1)OCC. The molecule has 1 heterocycles. The summed E-state index contributed by atoms with van der Waals surface area (Å²) in [5.74, 6) is -0.743. The topological polar surface area (TPSA) is 70.8 Å². The second kappa shape index (κ2) is 11.4. The van der Waals surface area contributed by atoms with Gasteiger partial charge in [0.25, 0.3) is 0 Å². The minimum atomic E-state index is -3.15. The Balaban J connectivity index is 1.51. The van der Waals surface area contributed by atoms with Gasteiger partial charge in [-0.1, -0.05) is 17.3 Å². The number of ether oxygens (including phenoxy) is 1. The van der Waals surface area contributed by atoms with E-state index in [9.17, 15) is 13.3 Å². The number of aryl methyl sites for hydroxylation is 1. The molecule has 2 aromatic carbocycles. The number of rotatable bonds is 12. The number of hydrogen-bond donors (Lipinski definition) is 0. The van der Waals surface area contributed by atoms with Crippen LogP contribution in [0.4, 0.5) is 8.78 Å². The first-order chi connectivity index (χ1) is 15.4. The summed E-state index contributed by atoms with van der Waals surface area (Å²) in [7, 11) is -3.15. The Labute approximate surface area is 186 Å². The van der Waals surface area contributed by atoms with Crippen molar-refractivity contribution in [2.45, 2.75) is 32.9 Å². The van der Waals surface area contributed by atoms with Crippen molar-refractivity contribution in [3.63, 3.8) is 0 Å². The quantitative estimate of drug-likeness (QED) is 0.228. The molecular weight excluding hydrogens is 439 g/mol. The average Bonchev–Trinajstić information content (AvgIpc) is 3.23. The van der Waals surface area contributed by atoms with Gasteiger partial charge in [-0.2, -0.15) is 0 Å². The molecular formula is C23H26F2NO5P. The Bertz CT molecular complexity index is 1040. The van der Waals surface area contributed by atoms with Gasteiger partial charge in [0.15, 0.2) is 17.4 Å². The standard InChI is InChI=1S/C23H26F2NO5P/c1-3-29-32(27,30-4-2)16-17-7-10-20(11-8-17)28-13-5-6-19-15-26-31-23(19)18-9-12-21(24)22(25)14-18/h7-12,14-15H,3-6,13,16H2,1-2H3. The zero-order valence-corrected chi connectivity index (χ0v) is 18.9. The van der Waals surface area contributed by atoms with E-state index in [4.69, 9.17) is 18.3 Å². The largest absolute Gasteiger partial charge is 0.494 e. The lowest BCUT2D eigenvalue weighted by molar-refractivity contribution is 0.219. The fourth-order valence-electron chi connectivity index (χ4n) is 3.20. The van der Waals surface area contributed by atoms with Gasteiger partial charge in [-0.15, -0.1) is 0 Å². The molecule has 0 aliphatic heterocycles. The maximum absolute atomic E-state index is 13.5. The average molecular weight is 465 g/mol. The van der Waals surface area contributed by atoms with Crippen LogP contribution in [0.5, 0.6) is 5.75 Å². The van der Waals surface area contributed by atoms with Crippen molar-refractivity contribution in [2.75, 3.05) is 19.8 Å². The van der Waals surface area contributed by atoms with E-state index in [2.05, 4.69) is 5.16 Å². The molecule has 3 aromatic rings. The fourth-order valence-corrected chi connectivity index (χ4v) is 4.90. The molecule has 0 N–H and O–H groups in total. The summed E-state index contributed by atoms with van der Waals surface area (Å²) in [6, 6.07) is 10.9. The highest BCUT2D eigenvalue weighted by Crippen LogP contribution is 2.51. The van der Waals surface area contributed by atoms with Crippen LogP contribution >= 0.6 is 7.60 Å². The highest BCUT2D eigenvalue weighted by Gasteiger charge is 2.23. The van der Waals surface area contributed by atoms with E-state index in [1.807, 2.05) is 24.3 Å². The van der Waals surface area contributed by atoms with E-state index in [0.717, 1.165) is 23.3 Å². The summed E-state index contributed by atoms with van der Waals surface area (Å²) in [5.41, 5.74) is 2.06. The third-order valence-electron chi connectivity index (χ3n) is 4.64. The van der Waals surface area contributed by atoms with Crippen molar-refractivity contribution in [3.05, 3.63) is 71.4 Å². The molecule has 0 spiro atoms. The summed E-state index contributed by atoms with van der Waals surface area (Å²) >= 11 is 0. The molecule has 6 nitrogen and oxygen atoms in total. The molecule has 0 aliphatic rings. The molecule has 0 atom stereocenters. The molecule has 9 heteroatoms. The van der Waals surface area contributed by atoms with Crippen LogP contribution in [-0.2, 0) is 26.2 Å². The predicted molar refractivity (Wildman–Crippen MR) is 117 cm³/mol. The maximum Gasteiger partial charge on any atom is 0.335 e. The van der Waals surface area contributed by atoms with Crippen LogP contribution < -0.4 is 4.74 Å². The van der Waals surface area contributed by atoms with E-state index >= 15 is 0 Å². The Morgan fingerprint density at radius 1 is 1.00 bits per heavy atom. The summed E-state index contributed by atoms with van der Waals surface area (Å²) in [6.07, 6.45) is 3.04. The molecule has 0 amide bonds. The Morgan fingerprint density at radius 2 is 1.72 bits per heavy atom. The molecule has 0 fully saturated rings. The number of aromatic nitrogens is 1. The van der Waals surface area contributed by atoms with E-state index in [0.29, 0.717) is 49.7 Å². The van der Waals surface area contributed by atoms with E-state index in [1.165, 1.54) is 6.07 Å². The number of halogens is 2. The van der Waals surface area contributed by atoms with Crippen LogP contribution in [0.15, 0.2) is 53.2 Å². The highest BCUT2D eigenvalue weighted by atomic mass is 31.2. The van der Waals surface area contributed by atoms with Gasteiger partial charge < -0.3 is 18.3 Å². The van der Waals surface area contributed by atoms with Gasteiger partial charge >= 0.3 is 7.60 Å². The van der Waals surface area contributed by atoms with Crippen molar-refractivity contribution in [2.24, 2.45) is 0 Å². The van der Waals surface area contributed by atoms with Crippen LogP contribution in [0.25, 0.3) is 11.3 Å². The molecule has 0 unspecified atom stereocenters. The van der Waals surface area contributed by atoms with Gasteiger partial charge in [0.05, 0.1) is 32.2 Å². The first kappa shape index (κ1) is 24.1. The van der Waals surface area contributed by atoms with Gasteiger partial charge in [-0.25, -0.2) is 8.78 Å². The minimum absolute atomic E-state index is 0.204. The van der Waals surface area contributed by atoms with Crippen LogP contribution in [0.3, 0.4) is 0 Å². The molecule has 0 aliphatic carbocycles. The predicted octanol–water partition coefficient (Wildman–Crippen LogP) is 6.40. The molecule has 0 saturated carbocycles. The van der Waals surface area contributed by atoms with Crippen molar-refractivity contribution in [1.82, 2.24) is 5.16 Å². The molecule has 32 heavy (non-hydrogen) atoms. The van der Waals surface area contributed by atoms with Crippen molar-refractivity contribution >= 4 is 7.60 Å².